The Labute approximate surface area is 147 Å². The maximum Gasteiger partial charge on any atom is 0.234 e. The predicted octanol–water partition coefficient (Wildman–Crippen LogP) is 0.596. The van der Waals surface area contributed by atoms with Gasteiger partial charge in [-0.05, 0) is 25.6 Å². The van der Waals surface area contributed by atoms with E-state index >= 15 is 0 Å². The summed E-state index contributed by atoms with van der Waals surface area (Å²) < 4.78 is 5.01. The van der Waals surface area contributed by atoms with E-state index in [1.807, 2.05) is 18.2 Å². The van der Waals surface area contributed by atoms with E-state index in [0.29, 0.717) is 37.4 Å². The zero-order valence-corrected chi connectivity index (χ0v) is 14.7. The Bertz CT molecular complexity index is 689. The third kappa shape index (κ3) is 5.07. The first kappa shape index (κ1) is 17.5. The first-order chi connectivity index (χ1) is 12.1. The van der Waals surface area contributed by atoms with Crippen molar-refractivity contribution in [2.45, 2.75) is 32.5 Å². The lowest BCUT2D eigenvalue weighted by Crippen LogP contribution is -2.39. The van der Waals surface area contributed by atoms with Crippen LogP contribution in [0.5, 0.6) is 0 Å². The molecular weight excluding hydrogens is 320 g/mol. The number of carbonyl (C=O) groups is 1. The molecular formula is C17H24N6O2. The molecule has 25 heavy (non-hydrogen) atoms. The van der Waals surface area contributed by atoms with E-state index in [2.05, 4.69) is 37.3 Å². The Morgan fingerprint density at radius 3 is 3.08 bits per heavy atom. The first-order valence-corrected chi connectivity index (χ1v) is 8.48. The molecule has 134 valence electrons. The van der Waals surface area contributed by atoms with Crippen molar-refractivity contribution in [1.29, 1.82) is 0 Å². The summed E-state index contributed by atoms with van der Waals surface area (Å²) in [6.45, 7) is 5.10. The molecule has 8 nitrogen and oxygen atoms in total. The van der Waals surface area contributed by atoms with E-state index in [-0.39, 0.29) is 5.91 Å². The third-order valence-electron chi connectivity index (χ3n) is 4.39. The molecule has 1 fully saturated rings. The van der Waals surface area contributed by atoms with E-state index in [4.69, 9.17) is 4.52 Å². The molecule has 0 spiro atoms. The van der Waals surface area contributed by atoms with Crippen LogP contribution >= 0.6 is 0 Å². The fourth-order valence-electron chi connectivity index (χ4n) is 3.02. The minimum atomic E-state index is 0.0303. The molecule has 0 saturated carbocycles. The Kier molecular flexibility index (Phi) is 5.72. The van der Waals surface area contributed by atoms with Crippen LogP contribution in [-0.2, 0) is 17.9 Å². The van der Waals surface area contributed by atoms with Gasteiger partial charge in [-0.25, -0.2) is 0 Å². The molecule has 1 saturated heterocycles. The summed E-state index contributed by atoms with van der Waals surface area (Å²) in [6.07, 6.45) is 2.76. The number of rotatable bonds is 7. The van der Waals surface area contributed by atoms with E-state index in [1.54, 1.807) is 13.1 Å². The van der Waals surface area contributed by atoms with E-state index < -0.39 is 0 Å². The number of nitrogens with one attached hydrogen (secondary N) is 1. The lowest BCUT2D eigenvalue weighted by molar-refractivity contribution is -0.122. The molecule has 3 heterocycles. The van der Waals surface area contributed by atoms with Gasteiger partial charge in [0.2, 0.25) is 11.8 Å². The van der Waals surface area contributed by atoms with Crippen LogP contribution in [-0.4, -0.2) is 63.6 Å². The summed E-state index contributed by atoms with van der Waals surface area (Å²) in [5.41, 5.74) is 0.866. The molecule has 1 atom stereocenters. The Hall–Kier alpha value is -2.32. The standard InChI is InChI=1S/C17H24N6O2/c1-13-20-16(21-25-13)11-22(2)15-6-8-23(10-15)12-17(24)19-9-14-5-3-4-7-18-14/h3-5,7,15H,6,8-12H2,1-2H3,(H,19,24). The number of carbonyl (C=O) groups excluding carboxylic acids is 1. The average molecular weight is 344 g/mol. The number of hydrogen-bond acceptors (Lipinski definition) is 7. The SMILES string of the molecule is Cc1nc(CN(C)C2CCN(CC(=O)NCc3ccccn3)C2)no1. The van der Waals surface area contributed by atoms with Crippen molar-refractivity contribution in [1.82, 2.24) is 30.2 Å². The highest BCUT2D eigenvalue weighted by Gasteiger charge is 2.27. The summed E-state index contributed by atoms with van der Waals surface area (Å²) in [7, 11) is 2.06. The molecule has 0 aromatic carbocycles. The summed E-state index contributed by atoms with van der Waals surface area (Å²) in [6, 6.07) is 6.08. The smallest absolute Gasteiger partial charge is 0.234 e. The highest BCUT2D eigenvalue weighted by atomic mass is 16.5. The van der Waals surface area contributed by atoms with Gasteiger partial charge in [0.15, 0.2) is 5.82 Å². The van der Waals surface area contributed by atoms with Crippen LogP contribution in [0.1, 0.15) is 23.8 Å². The van der Waals surface area contributed by atoms with Crippen LogP contribution < -0.4 is 5.32 Å². The lowest BCUT2D eigenvalue weighted by Gasteiger charge is -2.23. The molecule has 1 unspecified atom stereocenters. The van der Waals surface area contributed by atoms with Gasteiger partial charge in [0, 0.05) is 32.3 Å². The van der Waals surface area contributed by atoms with Crippen LogP contribution in [0.4, 0.5) is 0 Å². The Balaban J connectivity index is 1.40. The number of aryl methyl sites for hydroxylation is 1. The van der Waals surface area contributed by atoms with Crippen LogP contribution in [0.2, 0.25) is 0 Å². The molecule has 0 aliphatic carbocycles. The van der Waals surface area contributed by atoms with Crippen molar-refractivity contribution >= 4 is 5.91 Å². The summed E-state index contributed by atoms with van der Waals surface area (Å²) >= 11 is 0. The van der Waals surface area contributed by atoms with E-state index in [9.17, 15) is 4.79 Å². The number of likely N-dealkylation sites (N-methyl/N-ethyl adjacent to an activating group) is 1. The lowest BCUT2D eigenvalue weighted by atomic mass is 10.2. The second-order valence-electron chi connectivity index (χ2n) is 6.42. The molecule has 1 amide bonds. The second-order valence-corrected chi connectivity index (χ2v) is 6.42. The molecule has 3 rings (SSSR count). The van der Waals surface area contributed by atoms with Crippen LogP contribution in [0.25, 0.3) is 0 Å². The van der Waals surface area contributed by atoms with Crippen molar-refractivity contribution in [2.24, 2.45) is 0 Å². The van der Waals surface area contributed by atoms with Gasteiger partial charge in [0.25, 0.3) is 0 Å². The van der Waals surface area contributed by atoms with Crippen LogP contribution in [0.3, 0.4) is 0 Å². The number of amides is 1. The number of pyridine rings is 1. The summed E-state index contributed by atoms with van der Waals surface area (Å²) in [5, 5.41) is 6.86. The molecule has 1 aliphatic heterocycles. The van der Waals surface area contributed by atoms with Crippen molar-refractivity contribution in [3.63, 3.8) is 0 Å². The number of aromatic nitrogens is 3. The zero-order valence-electron chi connectivity index (χ0n) is 14.7. The topological polar surface area (TPSA) is 87.4 Å². The Morgan fingerprint density at radius 1 is 1.48 bits per heavy atom. The van der Waals surface area contributed by atoms with Crippen LogP contribution in [0.15, 0.2) is 28.9 Å². The number of hydrogen-bond donors (Lipinski definition) is 1. The van der Waals surface area contributed by atoms with Crippen molar-refractivity contribution in [3.05, 3.63) is 41.8 Å². The fourth-order valence-corrected chi connectivity index (χ4v) is 3.02. The van der Waals surface area contributed by atoms with Gasteiger partial charge < -0.3 is 9.84 Å². The molecule has 8 heteroatoms. The highest BCUT2D eigenvalue weighted by molar-refractivity contribution is 5.78. The first-order valence-electron chi connectivity index (χ1n) is 8.48. The van der Waals surface area contributed by atoms with Gasteiger partial charge in [0.1, 0.15) is 0 Å². The quantitative estimate of drug-likeness (QED) is 0.787. The average Bonchev–Trinajstić information content (AvgIpc) is 3.23. The van der Waals surface area contributed by atoms with E-state index in [0.717, 1.165) is 25.2 Å². The van der Waals surface area contributed by atoms with Gasteiger partial charge in [-0.1, -0.05) is 11.2 Å². The van der Waals surface area contributed by atoms with Crippen LogP contribution in [0, 0.1) is 6.92 Å². The number of nitrogens with zero attached hydrogens (tertiary/aromatic N) is 5. The van der Waals surface area contributed by atoms with E-state index in [1.165, 1.54) is 0 Å². The predicted molar refractivity (Wildman–Crippen MR) is 91.4 cm³/mol. The normalized spacial score (nSPS) is 18.0. The minimum Gasteiger partial charge on any atom is -0.349 e. The van der Waals surface area contributed by atoms with Gasteiger partial charge in [-0.2, -0.15) is 4.98 Å². The zero-order chi connectivity index (χ0) is 17.6. The molecule has 1 aliphatic rings. The van der Waals surface area contributed by atoms with Gasteiger partial charge in [-0.3, -0.25) is 19.6 Å². The molecule has 0 radical (unpaired) electrons. The minimum absolute atomic E-state index is 0.0303. The van der Waals surface area contributed by atoms with Gasteiger partial charge >= 0.3 is 0 Å². The largest absolute Gasteiger partial charge is 0.349 e. The molecule has 2 aromatic rings. The highest BCUT2D eigenvalue weighted by Crippen LogP contribution is 2.15. The van der Waals surface area contributed by atoms with Crippen molar-refractivity contribution in [3.8, 4) is 0 Å². The monoisotopic (exact) mass is 344 g/mol. The van der Waals surface area contributed by atoms with Gasteiger partial charge in [0.05, 0.1) is 25.3 Å². The maximum atomic E-state index is 12.1. The fraction of sp³-hybridized carbons (Fsp3) is 0.529. The summed E-state index contributed by atoms with van der Waals surface area (Å²) in [5.74, 6) is 1.32. The number of likely N-dealkylation sites (tertiary alicyclic amines) is 1. The molecule has 0 bridgehead atoms. The second kappa shape index (κ2) is 8.17. The molecule has 1 N–H and O–H groups in total. The Morgan fingerprint density at radius 2 is 2.36 bits per heavy atom. The van der Waals surface area contributed by atoms with Gasteiger partial charge in [-0.15, -0.1) is 0 Å². The summed E-state index contributed by atoms with van der Waals surface area (Å²) in [4.78, 5) is 25.0. The molecule has 2 aromatic heterocycles. The maximum absolute atomic E-state index is 12.1. The third-order valence-corrected chi connectivity index (χ3v) is 4.39. The van der Waals surface area contributed by atoms with Crippen molar-refractivity contribution in [2.75, 3.05) is 26.7 Å². The van der Waals surface area contributed by atoms with Crippen molar-refractivity contribution < 1.29 is 9.32 Å².